The third kappa shape index (κ3) is 2.15. The zero-order valence-corrected chi connectivity index (χ0v) is 11.0. The number of carbonyl (C=O) groups excluding carboxylic acids is 3. The van der Waals surface area contributed by atoms with Crippen LogP contribution in [0.15, 0.2) is 0 Å². The third-order valence-corrected chi connectivity index (χ3v) is 3.79. The van der Waals surface area contributed by atoms with Crippen LogP contribution in [-0.2, 0) is 19.1 Å². The van der Waals surface area contributed by atoms with Gasteiger partial charge in [-0.25, -0.2) is 4.79 Å². The lowest BCUT2D eigenvalue weighted by Crippen LogP contribution is -2.61. The van der Waals surface area contributed by atoms with E-state index in [1.165, 1.54) is 0 Å². The van der Waals surface area contributed by atoms with E-state index >= 15 is 0 Å². The van der Waals surface area contributed by atoms with E-state index in [0.717, 1.165) is 9.80 Å². The minimum Gasteiger partial charge on any atom is -0.371 e. The van der Waals surface area contributed by atoms with Crippen molar-refractivity contribution in [3.05, 3.63) is 0 Å². The lowest BCUT2D eigenvalue weighted by molar-refractivity contribution is -0.141. The second-order valence-corrected chi connectivity index (χ2v) is 5.37. The zero-order valence-electron chi connectivity index (χ0n) is 9.37. The summed E-state index contributed by atoms with van der Waals surface area (Å²) in [5, 5.41) is 0. The Morgan fingerprint density at radius 1 is 1.00 bits per heavy atom. The lowest BCUT2D eigenvalue weighted by Gasteiger charge is -2.34. The van der Waals surface area contributed by atoms with E-state index in [-0.39, 0.29) is 25.3 Å². The summed E-state index contributed by atoms with van der Waals surface area (Å²) in [6, 6.07) is -0.577. The van der Waals surface area contributed by atoms with E-state index in [1.807, 2.05) is 0 Å². The van der Waals surface area contributed by atoms with Crippen LogP contribution in [-0.4, -0.2) is 71.0 Å². The summed E-state index contributed by atoms with van der Waals surface area (Å²) in [4.78, 5) is 37.0. The summed E-state index contributed by atoms with van der Waals surface area (Å²) in [5.74, 6) is -1.04. The van der Waals surface area contributed by atoms with Crippen LogP contribution in [0.4, 0.5) is 4.79 Å². The second-order valence-electron chi connectivity index (χ2n) is 4.45. The van der Waals surface area contributed by atoms with Gasteiger partial charge in [-0.3, -0.25) is 19.4 Å². The summed E-state index contributed by atoms with van der Waals surface area (Å²) < 4.78 is 10.0. The van der Waals surface area contributed by atoms with Crippen molar-refractivity contribution in [2.24, 2.45) is 0 Å². The van der Waals surface area contributed by atoms with Crippen molar-refractivity contribution in [1.29, 1.82) is 0 Å². The number of halogens is 1. The second kappa shape index (κ2) is 4.29. The van der Waals surface area contributed by atoms with Gasteiger partial charge in [0.15, 0.2) is 4.83 Å². The van der Waals surface area contributed by atoms with Crippen molar-refractivity contribution >= 4 is 33.8 Å². The highest BCUT2D eigenvalue weighted by Gasteiger charge is 2.47. The molecule has 98 valence electrons. The molecular formula is C10H11BrN2O5. The number of imide groups is 2. The molecule has 0 bridgehead atoms. The fraction of sp³-hybridized carbons (Fsp3) is 0.700. The topological polar surface area (TPSA) is 82.8 Å². The van der Waals surface area contributed by atoms with E-state index in [1.54, 1.807) is 0 Å². The van der Waals surface area contributed by atoms with Crippen molar-refractivity contribution in [2.45, 2.75) is 17.0 Å². The first-order valence-electron chi connectivity index (χ1n) is 5.62. The van der Waals surface area contributed by atoms with E-state index in [0.29, 0.717) is 13.2 Å². The molecule has 0 aromatic carbocycles. The highest BCUT2D eigenvalue weighted by atomic mass is 79.9. The van der Waals surface area contributed by atoms with Gasteiger partial charge in [0.25, 0.3) is 11.8 Å². The molecule has 4 amide bonds. The van der Waals surface area contributed by atoms with E-state index < -0.39 is 22.7 Å². The monoisotopic (exact) mass is 318 g/mol. The van der Waals surface area contributed by atoms with Gasteiger partial charge >= 0.3 is 6.03 Å². The Kier molecular flexibility index (Phi) is 2.87. The molecule has 3 heterocycles. The van der Waals surface area contributed by atoms with Crippen molar-refractivity contribution in [2.75, 3.05) is 26.3 Å². The number of hydrogen-bond donors (Lipinski definition) is 0. The highest BCUT2D eigenvalue weighted by Crippen LogP contribution is 2.23. The summed E-state index contributed by atoms with van der Waals surface area (Å²) in [6.07, 6.45) is -0.186. The first kappa shape index (κ1) is 12.1. The van der Waals surface area contributed by atoms with Crippen LogP contribution in [0, 0.1) is 0 Å². The quantitative estimate of drug-likeness (QED) is 0.390. The molecule has 8 heteroatoms. The van der Waals surface area contributed by atoms with Crippen LogP contribution < -0.4 is 0 Å². The molecule has 0 aromatic heterocycles. The number of alkyl halides is 1. The van der Waals surface area contributed by atoms with Crippen LogP contribution in [0.2, 0.25) is 0 Å². The average Bonchev–Trinajstić information content (AvgIpc) is 3.22. The number of barbiturate groups is 1. The van der Waals surface area contributed by atoms with Gasteiger partial charge in [-0.15, -0.1) is 0 Å². The number of ether oxygens (including phenoxy) is 2. The molecule has 0 saturated carbocycles. The Bertz CT molecular complexity index is 384. The average molecular weight is 319 g/mol. The fourth-order valence-electron chi connectivity index (χ4n) is 1.80. The Morgan fingerprint density at radius 2 is 1.39 bits per heavy atom. The lowest BCUT2D eigenvalue weighted by atomic mass is 10.2. The largest absolute Gasteiger partial charge is 0.371 e. The van der Waals surface area contributed by atoms with Crippen molar-refractivity contribution in [3.63, 3.8) is 0 Å². The zero-order chi connectivity index (χ0) is 12.9. The summed E-state index contributed by atoms with van der Waals surface area (Å²) in [6.45, 7) is 1.50. The minimum atomic E-state index is -0.993. The van der Waals surface area contributed by atoms with Gasteiger partial charge in [-0.05, 0) is 0 Å². The van der Waals surface area contributed by atoms with E-state index in [9.17, 15) is 14.4 Å². The van der Waals surface area contributed by atoms with E-state index in [2.05, 4.69) is 15.9 Å². The Hall–Kier alpha value is -0.990. The standard InChI is InChI=1S/C10H11BrN2O5/c11-7-8(14)12(1-5-3-17-5)10(16)13(9(7)15)2-6-4-18-6/h5-7H,1-4H2. The van der Waals surface area contributed by atoms with E-state index in [4.69, 9.17) is 9.47 Å². The van der Waals surface area contributed by atoms with Crippen LogP contribution in [0.5, 0.6) is 0 Å². The maximum atomic E-state index is 12.1. The fourth-order valence-corrected chi connectivity index (χ4v) is 2.30. The molecule has 2 atom stereocenters. The Balaban J connectivity index is 1.77. The highest BCUT2D eigenvalue weighted by molar-refractivity contribution is 9.10. The molecule has 0 aromatic rings. The molecule has 7 nitrogen and oxygen atoms in total. The van der Waals surface area contributed by atoms with Gasteiger partial charge in [0.05, 0.1) is 38.5 Å². The minimum absolute atomic E-state index is 0.0928. The maximum absolute atomic E-state index is 12.1. The SMILES string of the molecule is O=C1C(Br)C(=O)N(CC2CO2)C(=O)N1CC1CO1. The van der Waals surface area contributed by atoms with Crippen LogP contribution >= 0.6 is 15.9 Å². The van der Waals surface area contributed by atoms with Crippen LogP contribution in [0.3, 0.4) is 0 Å². The summed E-state index contributed by atoms with van der Waals surface area (Å²) in [5.41, 5.74) is 0. The number of epoxide rings is 2. The predicted octanol–water partition coefficient (Wildman–Crippen LogP) is -0.662. The van der Waals surface area contributed by atoms with Gasteiger partial charge in [-0.1, -0.05) is 15.9 Å². The predicted molar refractivity (Wildman–Crippen MR) is 61.0 cm³/mol. The number of nitrogens with zero attached hydrogens (tertiary/aromatic N) is 2. The molecule has 3 fully saturated rings. The molecule has 18 heavy (non-hydrogen) atoms. The van der Waals surface area contributed by atoms with Gasteiger partial charge in [0.2, 0.25) is 0 Å². The molecule has 3 saturated heterocycles. The normalized spacial score (nSPS) is 35.2. The first-order chi connectivity index (χ1) is 8.58. The summed E-state index contributed by atoms with van der Waals surface area (Å²) >= 11 is 3.03. The van der Waals surface area contributed by atoms with Gasteiger partial charge in [0.1, 0.15) is 0 Å². The van der Waals surface area contributed by atoms with Gasteiger partial charge in [-0.2, -0.15) is 0 Å². The molecule has 0 N–H and O–H groups in total. The van der Waals surface area contributed by atoms with Crippen molar-refractivity contribution in [3.8, 4) is 0 Å². The van der Waals surface area contributed by atoms with Crippen molar-refractivity contribution in [1.82, 2.24) is 9.80 Å². The molecular weight excluding hydrogens is 308 g/mol. The molecule has 0 spiro atoms. The maximum Gasteiger partial charge on any atom is 0.333 e. The third-order valence-electron chi connectivity index (χ3n) is 3.00. The Labute approximate surface area is 111 Å². The number of carbonyl (C=O) groups is 3. The molecule has 0 aliphatic carbocycles. The van der Waals surface area contributed by atoms with Gasteiger partial charge in [0, 0.05) is 0 Å². The van der Waals surface area contributed by atoms with Crippen LogP contribution in [0.25, 0.3) is 0 Å². The number of urea groups is 1. The number of amides is 4. The number of rotatable bonds is 4. The van der Waals surface area contributed by atoms with Crippen LogP contribution in [0.1, 0.15) is 0 Å². The molecule has 0 radical (unpaired) electrons. The molecule has 3 rings (SSSR count). The number of hydrogen-bond acceptors (Lipinski definition) is 5. The first-order valence-corrected chi connectivity index (χ1v) is 6.53. The molecule has 2 unspecified atom stereocenters. The Morgan fingerprint density at radius 3 is 1.72 bits per heavy atom. The van der Waals surface area contributed by atoms with Crippen molar-refractivity contribution < 1.29 is 23.9 Å². The molecule has 3 aliphatic heterocycles. The molecule has 3 aliphatic rings. The smallest absolute Gasteiger partial charge is 0.333 e. The summed E-state index contributed by atoms with van der Waals surface area (Å²) in [7, 11) is 0. The van der Waals surface area contributed by atoms with Gasteiger partial charge < -0.3 is 9.47 Å².